The Morgan fingerprint density at radius 2 is 1.81 bits per heavy atom. The molecule has 3 rings (SSSR count). The molecule has 0 spiro atoms. The van der Waals surface area contributed by atoms with E-state index in [4.69, 9.17) is 4.74 Å². The second-order valence-corrected chi connectivity index (χ2v) is 7.86. The van der Waals surface area contributed by atoms with Crippen molar-refractivity contribution in [3.8, 4) is 5.75 Å². The lowest BCUT2D eigenvalue weighted by molar-refractivity contribution is -0.132. The number of ether oxygens (including phenoxy) is 1. The van der Waals surface area contributed by atoms with Crippen molar-refractivity contribution in [3.63, 3.8) is 0 Å². The van der Waals surface area contributed by atoms with Gasteiger partial charge in [0.05, 0.1) is 12.6 Å². The Balaban J connectivity index is 1.95. The highest BCUT2D eigenvalue weighted by Crippen LogP contribution is 2.25. The van der Waals surface area contributed by atoms with Crippen LogP contribution in [-0.2, 0) is 17.8 Å². The first-order valence-corrected chi connectivity index (χ1v) is 10.9. The highest BCUT2D eigenvalue weighted by atomic mass is 16.5. The van der Waals surface area contributed by atoms with Crippen molar-refractivity contribution in [2.24, 2.45) is 0 Å². The summed E-state index contributed by atoms with van der Waals surface area (Å²) >= 11 is 0. The van der Waals surface area contributed by atoms with Crippen LogP contribution in [0.3, 0.4) is 0 Å². The molecule has 0 bridgehead atoms. The number of hydrogen-bond donors (Lipinski definition) is 0. The molecule has 0 fully saturated rings. The van der Waals surface area contributed by atoms with Gasteiger partial charge in [-0.05, 0) is 37.5 Å². The summed E-state index contributed by atoms with van der Waals surface area (Å²) in [6, 6.07) is 13.4. The number of aromatic nitrogens is 2. The summed E-state index contributed by atoms with van der Waals surface area (Å²) in [7, 11) is 1.60. The monoisotopic (exact) mass is 421 g/mol. The molecule has 0 saturated heterocycles. The topological polar surface area (TPSA) is 64.4 Å². The van der Waals surface area contributed by atoms with Crippen molar-refractivity contribution in [2.45, 2.75) is 46.6 Å². The number of nitrogens with zero attached hydrogens (tertiary/aromatic N) is 3. The van der Waals surface area contributed by atoms with E-state index in [2.05, 4.69) is 18.9 Å². The summed E-state index contributed by atoms with van der Waals surface area (Å²) in [5, 5.41) is 5.33. The number of aryl methyl sites for hydroxylation is 1. The average Bonchev–Trinajstić information content (AvgIpc) is 3.11. The summed E-state index contributed by atoms with van der Waals surface area (Å²) in [6.45, 7) is 7.66. The lowest BCUT2D eigenvalue weighted by Gasteiger charge is -2.21. The first kappa shape index (κ1) is 22.5. The molecule has 1 amide bonds. The molecule has 31 heavy (non-hydrogen) atoms. The van der Waals surface area contributed by atoms with Gasteiger partial charge in [-0.15, -0.1) is 0 Å². The Labute approximate surface area is 183 Å². The zero-order chi connectivity index (χ0) is 22.4. The zero-order valence-electron chi connectivity index (χ0n) is 18.9. The van der Waals surface area contributed by atoms with Gasteiger partial charge in [0, 0.05) is 31.0 Å². The van der Waals surface area contributed by atoms with E-state index in [1.54, 1.807) is 11.8 Å². The van der Waals surface area contributed by atoms with Gasteiger partial charge in [-0.25, -0.2) is 0 Å². The maximum atomic E-state index is 13.1. The highest BCUT2D eigenvalue weighted by molar-refractivity contribution is 6.07. The summed E-state index contributed by atoms with van der Waals surface area (Å²) < 4.78 is 7.00. The van der Waals surface area contributed by atoms with Crippen molar-refractivity contribution >= 4 is 22.6 Å². The van der Waals surface area contributed by atoms with Crippen LogP contribution in [0, 0.1) is 6.92 Å². The number of hydrogen-bond acceptors (Lipinski definition) is 4. The van der Waals surface area contributed by atoms with Gasteiger partial charge in [-0.3, -0.25) is 14.3 Å². The van der Waals surface area contributed by atoms with Crippen LogP contribution in [0.1, 0.15) is 48.3 Å². The zero-order valence-corrected chi connectivity index (χ0v) is 18.9. The number of carbonyl (C=O) groups excluding carboxylic acids is 2. The van der Waals surface area contributed by atoms with Crippen molar-refractivity contribution in [1.29, 1.82) is 0 Å². The molecule has 0 unspecified atom stereocenters. The molecule has 0 aliphatic carbocycles. The molecule has 0 N–H and O–H groups in total. The fourth-order valence-corrected chi connectivity index (χ4v) is 3.83. The first-order chi connectivity index (χ1) is 15.0. The van der Waals surface area contributed by atoms with Crippen LogP contribution >= 0.6 is 0 Å². The summed E-state index contributed by atoms with van der Waals surface area (Å²) in [6.07, 6.45) is 2.07. The van der Waals surface area contributed by atoms with Crippen molar-refractivity contribution < 1.29 is 14.3 Å². The van der Waals surface area contributed by atoms with E-state index in [9.17, 15) is 9.59 Å². The fourth-order valence-electron chi connectivity index (χ4n) is 3.83. The molecular weight excluding hydrogens is 390 g/mol. The van der Waals surface area contributed by atoms with E-state index in [1.165, 1.54) is 0 Å². The van der Waals surface area contributed by atoms with Gasteiger partial charge in [0.2, 0.25) is 5.91 Å². The molecule has 6 nitrogen and oxygen atoms in total. The number of rotatable bonds is 10. The van der Waals surface area contributed by atoms with E-state index < -0.39 is 0 Å². The molecule has 0 aliphatic heterocycles. The normalized spacial score (nSPS) is 11.0. The molecule has 0 saturated carbocycles. The number of amides is 1. The SMILES string of the molecule is CCCN(CCC)C(=O)Cn1nc(C(=O)Cc2cccc(C)c2)c2ccc(OC)cc21. The third-order valence-corrected chi connectivity index (χ3v) is 5.29. The third kappa shape index (κ3) is 5.32. The van der Waals surface area contributed by atoms with Gasteiger partial charge in [-0.2, -0.15) is 5.10 Å². The number of fused-ring (bicyclic) bond motifs is 1. The number of methoxy groups -OCH3 is 1. The lowest BCUT2D eigenvalue weighted by atomic mass is 10.0. The third-order valence-electron chi connectivity index (χ3n) is 5.29. The Kier molecular flexibility index (Phi) is 7.45. The summed E-state index contributed by atoms with van der Waals surface area (Å²) in [4.78, 5) is 27.9. The van der Waals surface area contributed by atoms with Crippen LogP contribution in [0.25, 0.3) is 10.9 Å². The number of benzene rings is 2. The molecule has 2 aromatic carbocycles. The van der Waals surface area contributed by atoms with Gasteiger partial charge in [0.15, 0.2) is 5.78 Å². The van der Waals surface area contributed by atoms with E-state index >= 15 is 0 Å². The van der Waals surface area contributed by atoms with Gasteiger partial charge >= 0.3 is 0 Å². The van der Waals surface area contributed by atoms with Crippen LogP contribution in [0.4, 0.5) is 0 Å². The second-order valence-electron chi connectivity index (χ2n) is 7.86. The van der Waals surface area contributed by atoms with Gasteiger partial charge in [0.25, 0.3) is 0 Å². The number of ketones is 1. The quantitative estimate of drug-likeness (QED) is 0.454. The molecular formula is C25H31N3O3. The largest absolute Gasteiger partial charge is 0.497 e. The van der Waals surface area contributed by atoms with E-state index in [1.807, 2.05) is 54.3 Å². The highest BCUT2D eigenvalue weighted by Gasteiger charge is 2.21. The van der Waals surface area contributed by atoms with Crippen LogP contribution in [0.2, 0.25) is 0 Å². The molecule has 1 aromatic heterocycles. The predicted molar refractivity (Wildman–Crippen MR) is 123 cm³/mol. The minimum atomic E-state index is -0.0639. The molecule has 0 atom stereocenters. The molecule has 6 heteroatoms. The second kappa shape index (κ2) is 10.2. The van der Waals surface area contributed by atoms with Gasteiger partial charge in [0.1, 0.15) is 18.0 Å². The van der Waals surface area contributed by atoms with Gasteiger partial charge in [-0.1, -0.05) is 43.7 Å². The molecule has 0 radical (unpaired) electrons. The van der Waals surface area contributed by atoms with Crippen molar-refractivity contribution in [1.82, 2.24) is 14.7 Å². The van der Waals surface area contributed by atoms with Gasteiger partial charge < -0.3 is 9.64 Å². The number of Topliss-reactive ketones (excluding diaryl/α,β-unsaturated/α-hetero) is 1. The van der Waals surface area contributed by atoms with Crippen LogP contribution in [-0.4, -0.2) is 46.6 Å². The van der Waals surface area contributed by atoms with E-state index in [-0.39, 0.29) is 24.7 Å². The van der Waals surface area contributed by atoms with E-state index in [0.717, 1.165) is 34.9 Å². The number of carbonyl (C=O) groups is 2. The Hall–Kier alpha value is -3.15. The lowest BCUT2D eigenvalue weighted by Crippen LogP contribution is -2.35. The maximum Gasteiger partial charge on any atom is 0.244 e. The minimum Gasteiger partial charge on any atom is -0.497 e. The maximum absolute atomic E-state index is 13.1. The van der Waals surface area contributed by atoms with Crippen LogP contribution in [0.5, 0.6) is 5.75 Å². The molecule has 1 heterocycles. The molecule has 0 aliphatic rings. The standard InChI is InChI=1S/C25H31N3O3/c1-5-12-27(13-6-2)24(30)17-28-22-16-20(31-4)10-11-21(22)25(26-28)23(29)15-19-9-7-8-18(3)14-19/h7-11,14,16H,5-6,12-13,15,17H2,1-4H3. The Morgan fingerprint density at radius 3 is 2.45 bits per heavy atom. The Bertz CT molecular complexity index is 1070. The minimum absolute atomic E-state index is 0.00797. The average molecular weight is 422 g/mol. The fraction of sp³-hybridized carbons (Fsp3) is 0.400. The van der Waals surface area contributed by atoms with Crippen molar-refractivity contribution in [3.05, 3.63) is 59.3 Å². The van der Waals surface area contributed by atoms with Crippen LogP contribution in [0.15, 0.2) is 42.5 Å². The molecule has 164 valence electrons. The smallest absolute Gasteiger partial charge is 0.244 e. The first-order valence-electron chi connectivity index (χ1n) is 10.9. The summed E-state index contributed by atoms with van der Waals surface area (Å²) in [5.41, 5.74) is 3.19. The summed E-state index contributed by atoms with van der Waals surface area (Å²) in [5.74, 6) is 0.609. The van der Waals surface area contributed by atoms with Crippen LogP contribution < -0.4 is 4.74 Å². The predicted octanol–water partition coefficient (Wildman–Crippen LogP) is 4.43. The Morgan fingerprint density at radius 1 is 1.06 bits per heavy atom. The molecule has 3 aromatic rings. The van der Waals surface area contributed by atoms with Crippen molar-refractivity contribution in [2.75, 3.05) is 20.2 Å². The van der Waals surface area contributed by atoms with E-state index in [0.29, 0.717) is 24.5 Å².